The number of benzene rings is 4. The number of fused-ring (bicyclic) bond motifs is 8. The first-order chi connectivity index (χ1) is 31.9. The molecule has 0 unspecified atom stereocenters. The molecule has 1 aliphatic carbocycles. The first-order valence-corrected chi connectivity index (χ1v) is 29.8. The van der Waals surface area contributed by atoms with Crippen LogP contribution < -0.4 is 24.1 Å². The summed E-state index contributed by atoms with van der Waals surface area (Å²) in [5.41, 5.74) is 14.2. The van der Waals surface area contributed by atoms with E-state index in [2.05, 4.69) is 166 Å². The first kappa shape index (κ1) is 53.1. The molecule has 7 heteroatoms. The van der Waals surface area contributed by atoms with Gasteiger partial charge >= 0.3 is 0 Å². The van der Waals surface area contributed by atoms with Crippen LogP contribution in [0.4, 0.5) is 0 Å². The Balaban J connectivity index is 1.87. The lowest BCUT2D eigenvalue weighted by Crippen LogP contribution is -2.44. The topological polar surface area (TPSA) is 58.5 Å². The molecule has 0 spiro atoms. The molecule has 1 atom stereocenters. The molecule has 0 saturated carbocycles. The third kappa shape index (κ3) is 12.2. The zero-order valence-corrected chi connectivity index (χ0v) is 46.9. The molecule has 4 aromatic carbocycles. The van der Waals surface area contributed by atoms with E-state index in [9.17, 15) is 0 Å². The Bertz CT molecular complexity index is 2430. The third-order valence-corrected chi connectivity index (χ3v) is 15.6. The Labute approximate surface area is 414 Å². The smallest absolute Gasteiger partial charge is 0.216 e. The molecule has 6 rings (SSSR count). The molecule has 1 aliphatic heterocycles. The summed E-state index contributed by atoms with van der Waals surface area (Å²) in [6, 6.07) is 17.1. The maximum absolute atomic E-state index is 7.23. The van der Waals surface area contributed by atoms with Gasteiger partial charge in [0, 0.05) is 31.2 Å². The Morgan fingerprint density at radius 1 is 0.515 bits per heavy atom. The average molecular weight is 944 g/mol. The van der Waals surface area contributed by atoms with Gasteiger partial charge in [-0.1, -0.05) is 160 Å². The Kier molecular flexibility index (Phi) is 16.7. The van der Waals surface area contributed by atoms with E-state index < -0.39 is 8.07 Å². The lowest BCUT2D eigenvalue weighted by molar-refractivity contribution is 0.291. The normalized spacial score (nSPS) is 15.6. The van der Waals surface area contributed by atoms with E-state index in [4.69, 9.17) is 28.7 Å². The molecule has 372 valence electrons. The highest BCUT2D eigenvalue weighted by Crippen LogP contribution is 2.44. The van der Waals surface area contributed by atoms with Crippen LogP contribution >= 0.6 is 0 Å². The standard InChI is InChI=1S/C61H89NO5Si/c1-19-23-63-53-40-27-41-31-48(60(10,11)12)34-44(54(41)64-24-20-2)29-45-37-51(58-62-52(38-67-58)39(5)6)57(68(16,17)18)50(56(45)66-26-22-4)36-46-35-49(61(13,14)15)33-43(55(46)65-25-21-3)28-42(53)32-47(30-40)59(7,8)9/h30-35,37,39,52H,19-29,36,38H2,1-18H3/t52-/m1/s1. The summed E-state index contributed by atoms with van der Waals surface area (Å²) in [6.45, 7) is 44.8. The van der Waals surface area contributed by atoms with E-state index in [0.29, 0.717) is 64.6 Å². The fourth-order valence-corrected chi connectivity index (χ4v) is 11.8. The SMILES string of the molecule is CCCOc1c2cc(C(C)(C)C)cc1Cc1cc(C(C)(C)C)cc(c1OCCC)Cc1c(OCCC)c(cc(C3=N[C@@H](C(C)C)CO3)c1[Si](C)(C)C)Cc1cc(C(C)(C)C)cc(c1OCCC)C2. The van der Waals surface area contributed by atoms with Crippen LogP contribution in [0.5, 0.6) is 23.0 Å². The summed E-state index contributed by atoms with van der Waals surface area (Å²) in [6.07, 6.45) is 6.24. The van der Waals surface area contributed by atoms with E-state index in [1.165, 1.54) is 60.8 Å². The van der Waals surface area contributed by atoms with Crippen LogP contribution in [0.15, 0.2) is 47.5 Å². The van der Waals surface area contributed by atoms with Crippen molar-refractivity contribution in [3.8, 4) is 23.0 Å². The molecular formula is C61H89NO5Si. The van der Waals surface area contributed by atoms with Gasteiger partial charge in [0.1, 0.15) is 29.6 Å². The highest BCUT2D eigenvalue weighted by Gasteiger charge is 2.36. The van der Waals surface area contributed by atoms with Crippen molar-refractivity contribution in [3.63, 3.8) is 0 Å². The highest BCUT2D eigenvalue weighted by molar-refractivity contribution is 6.90. The van der Waals surface area contributed by atoms with Crippen molar-refractivity contribution < 1.29 is 23.7 Å². The molecule has 8 bridgehead atoms. The molecule has 0 saturated heterocycles. The zero-order chi connectivity index (χ0) is 49.9. The Morgan fingerprint density at radius 3 is 1.13 bits per heavy atom. The minimum Gasteiger partial charge on any atom is -0.493 e. The number of hydrogen-bond acceptors (Lipinski definition) is 6. The molecule has 1 heterocycles. The van der Waals surface area contributed by atoms with Crippen LogP contribution in [0, 0.1) is 5.92 Å². The number of rotatable bonds is 15. The minimum atomic E-state index is -2.18. The maximum Gasteiger partial charge on any atom is 0.216 e. The van der Waals surface area contributed by atoms with Crippen molar-refractivity contribution in [1.82, 2.24) is 0 Å². The Hall–Kier alpha value is -4.23. The second-order valence-electron chi connectivity index (χ2n) is 24.3. The van der Waals surface area contributed by atoms with Crippen LogP contribution in [0.1, 0.15) is 196 Å². The van der Waals surface area contributed by atoms with E-state index in [1.807, 2.05) is 0 Å². The average Bonchev–Trinajstić information content (AvgIpc) is 3.74. The molecule has 6 nitrogen and oxygen atoms in total. The number of aliphatic imine (C=N–C) groups is 1. The maximum atomic E-state index is 7.23. The van der Waals surface area contributed by atoms with E-state index >= 15 is 0 Å². The molecule has 4 aromatic rings. The van der Waals surface area contributed by atoms with Gasteiger partial charge in [0.05, 0.1) is 40.5 Å². The Morgan fingerprint density at radius 2 is 0.838 bits per heavy atom. The molecule has 68 heavy (non-hydrogen) atoms. The van der Waals surface area contributed by atoms with Crippen LogP contribution in [-0.2, 0) is 46.7 Å². The van der Waals surface area contributed by atoms with Crippen molar-refractivity contribution >= 4 is 19.2 Å². The van der Waals surface area contributed by atoms with Gasteiger partial charge in [0.15, 0.2) is 0 Å². The highest BCUT2D eigenvalue weighted by atomic mass is 28.3. The molecule has 0 amide bonds. The van der Waals surface area contributed by atoms with Gasteiger partial charge in [-0.15, -0.1) is 0 Å². The fourth-order valence-electron chi connectivity index (χ4n) is 9.69. The van der Waals surface area contributed by atoms with Gasteiger partial charge < -0.3 is 23.7 Å². The van der Waals surface area contributed by atoms with Crippen molar-refractivity contribution in [2.45, 2.75) is 197 Å². The van der Waals surface area contributed by atoms with Gasteiger partial charge in [-0.25, -0.2) is 4.99 Å². The van der Waals surface area contributed by atoms with Gasteiger partial charge in [-0.05, 0) is 120 Å². The largest absolute Gasteiger partial charge is 0.493 e. The molecule has 2 aliphatic rings. The van der Waals surface area contributed by atoms with Crippen LogP contribution in [0.3, 0.4) is 0 Å². The lowest BCUT2D eigenvalue weighted by Gasteiger charge is -2.31. The van der Waals surface area contributed by atoms with Crippen molar-refractivity contribution in [3.05, 3.63) is 109 Å². The molecule has 0 N–H and O–H groups in total. The molecular weight excluding hydrogens is 855 g/mol. The summed E-state index contributed by atoms with van der Waals surface area (Å²) in [5, 5.41) is 1.35. The van der Waals surface area contributed by atoms with Crippen molar-refractivity contribution in [2.75, 3.05) is 33.0 Å². The molecule has 0 fully saturated rings. The van der Waals surface area contributed by atoms with E-state index in [1.54, 1.807) is 0 Å². The predicted octanol–water partition coefficient (Wildman–Crippen LogP) is 14.8. The zero-order valence-electron chi connectivity index (χ0n) is 45.9. The van der Waals surface area contributed by atoms with Crippen LogP contribution in [-0.4, -0.2) is 53.0 Å². The minimum absolute atomic E-state index is 0.0986. The summed E-state index contributed by atoms with van der Waals surface area (Å²) in [5.74, 6) is 5.07. The van der Waals surface area contributed by atoms with E-state index in [-0.39, 0.29) is 22.3 Å². The number of nitrogens with zero attached hydrogens (tertiary/aromatic N) is 1. The summed E-state index contributed by atoms with van der Waals surface area (Å²) < 4.78 is 35.1. The van der Waals surface area contributed by atoms with Crippen LogP contribution in [0.25, 0.3) is 0 Å². The lowest BCUT2D eigenvalue weighted by atomic mass is 9.80. The van der Waals surface area contributed by atoms with Gasteiger partial charge in [0.2, 0.25) is 5.90 Å². The van der Waals surface area contributed by atoms with Gasteiger partial charge in [-0.2, -0.15) is 0 Å². The number of hydrogen-bond donors (Lipinski definition) is 0. The third-order valence-electron chi connectivity index (χ3n) is 13.5. The fraction of sp³-hybridized carbons (Fsp3) is 0.590. The number of ether oxygens (including phenoxy) is 5. The quantitative estimate of drug-likeness (QED) is 0.0979. The summed E-state index contributed by atoms with van der Waals surface area (Å²) >= 11 is 0. The van der Waals surface area contributed by atoms with E-state index in [0.717, 1.165) is 65.7 Å². The summed E-state index contributed by atoms with van der Waals surface area (Å²) in [7, 11) is -2.18. The monoisotopic (exact) mass is 944 g/mol. The molecule has 0 radical (unpaired) electrons. The van der Waals surface area contributed by atoms with Crippen molar-refractivity contribution in [1.29, 1.82) is 0 Å². The molecule has 0 aromatic heterocycles. The van der Waals surface area contributed by atoms with Gasteiger partial charge in [0.25, 0.3) is 0 Å². The predicted molar refractivity (Wildman–Crippen MR) is 290 cm³/mol. The summed E-state index contributed by atoms with van der Waals surface area (Å²) in [4.78, 5) is 5.38. The van der Waals surface area contributed by atoms with Gasteiger partial charge in [-0.3, -0.25) is 0 Å². The van der Waals surface area contributed by atoms with Crippen molar-refractivity contribution in [2.24, 2.45) is 10.9 Å². The van der Waals surface area contributed by atoms with Crippen LogP contribution in [0.2, 0.25) is 19.6 Å². The second kappa shape index (κ2) is 21.4. The second-order valence-corrected chi connectivity index (χ2v) is 29.3. The first-order valence-electron chi connectivity index (χ1n) is 26.3.